The van der Waals surface area contributed by atoms with E-state index in [2.05, 4.69) is 28.9 Å². The van der Waals surface area contributed by atoms with Gasteiger partial charge in [0.2, 0.25) is 0 Å². The van der Waals surface area contributed by atoms with Gasteiger partial charge in [0.25, 0.3) is 0 Å². The van der Waals surface area contributed by atoms with Gasteiger partial charge in [-0.25, -0.2) is 0 Å². The lowest BCUT2D eigenvalue weighted by molar-refractivity contribution is -0.144. The molecule has 170 valence electrons. The predicted octanol–water partition coefficient (Wildman–Crippen LogP) is 3.23. The third-order valence-corrected chi connectivity index (χ3v) is 7.99. The topological polar surface area (TPSA) is 59.1 Å². The van der Waals surface area contributed by atoms with E-state index in [9.17, 15) is 9.59 Å². The smallest absolute Gasteiger partial charge is 0.311 e. The minimum Gasteiger partial charge on any atom is -0.497 e. The first-order valence-electron chi connectivity index (χ1n) is 11.7. The van der Waals surface area contributed by atoms with Crippen LogP contribution in [0.5, 0.6) is 5.75 Å². The van der Waals surface area contributed by atoms with Gasteiger partial charge >= 0.3 is 5.97 Å². The monoisotopic (exact) mass is 436 g/mol. The molecule has 2 aliphatic carbocycles. The lowest BCUT2D eigenvalue weighted by Crippen LogP contribution is -2.49. The third-order valence-electron chi connectivity index (χ3n) is 7.99. The van der Waals surface area contributed by atoms with E-state index in [1.165, 1.54) is 5.69 Å². The average Bonchev–Trinajstić information content (AvgIpc) is 3.11. The van der Waals surface area contributed by atoms with E-state index in [0.29, 0.717) is 0 Å². The summed E-state index contributed by atoms with van der Waals surface area (Å²) >= 11 is 0. The lowest BCUT2D eigenvalue weighted by Gasteiger charge is -2.43. The Bertz CT molecular complexity index is 974. The zero-order chi connectivity index (χ0) is 22.5. The molecule has 5 rings (SSSR count). The number of esters is 1. The predicted molar refractivity (Wildman–Crippen MR) is 123 cm³/mol. The number of fused-ring (bicyclic) bond motifs is 3. The van der Waals surface area contributed by atoms with Gasteiger partial charge in [0.1, 0.15) is 11.9 Å². The molecule has 0 N–H and O–H groups in total. The first-order valence-corrected chi connectivity index (χ1v) is 11.7. The number of ketones is 1. The van der Waals surface area contributed by atoms with Crippen LogP contribution in [-0.2, 0) is 14.3 Å². The van der Waals surface area contributed by atoms with Crippen molar-refractivity contribution in [2.75, 3.05) is 44.7 Å². The molecule has 4 atom stereocenters. The Balaban J connectivity index is 1.25. The largest absolute Gasteiger partial charge is 0.497 e. The first kappa shape index (κ1) is 21.3. The van der Waals surface area contributed by atoms with Crippen molar-refractivity contribution in [3.05, 3.63) is 47.6 Å². The summed E-state index contributed by atoms with van der Waals surface area (Å²) in [5.41, 5.74) is 2.85. The maximum atomic E-state index is 12.9. The van der Waals surface area contributed by atoms with Crippen LogP contribution in [0.1, 0.15) is 26.7 Å². The van der Waals surface area contributed by atoms with Crippen molar-refractivity contribution in [1.82, 2.24) is 4.90 Å². The number of hydrogen-bond acceptors (Lipinski definition) is 6. The summed E-state index contributed by atoms with van der Waals surface area (Å²) < 4.78 is 11.2. The Labute approximate surface area is 189 Å². The van der Waals surface area contributed by atoms with E-state index in [1.807, 2.05) is 25.1 Å². The number of benzene rings is 1. The van der Waals surface area contributed by atoms with Crippen LogP contribution in [0.15, 0.2) is 47.6 Å². The molecule has 3 fully saturated rings. The molecule has 1 aromatic carbocycles. The lowest BCUT2D eigenvalue weighted by atomic mass is 9.61. The summed E-state index contributed by atoms with van der Waals surface area (Å²) in [6, 6.07) is 8.19. The van der Waals surface area contributed by atoms with E-state index < -0.39 is 0 Å². The fourth-order valence-corrected chi connectivity index (χ4v) is 6.04. The SMILES string of the molecule is COc1ccc(N2CCN(C[C@@H]3C(=O)O[C@@H]4C5=C(C)C(=O)C=C[C@]5(C)CC[C@@H]34)CC2)cc1. The van der Waals surface area contributed by atoms with Crippen molar-refractivity contribution in [1.29, 1.82) is 0 Å². The molecule has 1 saturated carbocycles. The zero-order valence-corrected chi connectivity index (χ0v) is 19.2. The molecule has 4 aliphatic rings. The molecule has 0 amide bonds. The number of carbonyl (C=O) groups excluding carboxylic acids is 2. The van der Waals surface area contributed by atoms with Gasteiger partial charge in [0.15, 0.2) is 5.78 Å². The van der Waals surface area contributed by atoms with Gasteiger partial charge in [-0.3, -0.25) is 14.5 Å². The Morgan fingerprint density at radius 1 is 1.12 bits per heavy atom. The highest BCUT2D eigenvalue weighted by Crippen LogP contribution is 2.53. The number of allylic oxidation sites excluding steroid dienone is 3. The van der Waals surface area contributed by atoms with Crippen LogP contribution >= 0.6 is 0 Å². The van der Waals surface area contributed by atoms with Crippen LogP contribution in [0, 0.1) is 17.3 Å². The second-order valence-corrected chi connectivity index (χ2v) is 9.81. The van der Waals surface area contributed by atoms with Crippen molar-refractivity contribution >= 4 is 17.4 Å². The molecule has 0 radical (unpaired) electrons. The maximum Gasteiger partial charge on any atom is 0.311 e. The van der Waals surface area contributed by atoms with E-state index in [1.54, 1.807) is 13.2 Å². The van der Waals surface area contributed by atoms with Crippen LogP contribution in [0.3, 0.4) is 0 Å². The maximum absolute atomic E-state index is 12.9. The molecular formula is C26H32N2O4. The van der Waals surface area contributed by atoms with Crippen molar-refractivity contribution in [2.24, 2.45) is 17.3 Å². The number of nitrogens with zero attached hydrogens (tertiary/aromatic N) is 2. The molecule has 32 heavy (non-hydrogen) atoms. The molecule has 6 nitrogen and oxygen atoms in total. The van der Waals surface area contributed by atoms with Crippen LogP contribution in [0.4, 0.5) is 5.69 Å². The molecule has 0 unspecified atom stereocenters. The summed E-state index contributed by atoms with van der Waals surface area (Å²) in [7, 11) is 1.68. The van der Waals surface area contributed by atoms with Crippen molar-refractivity contribution in [3.8, 4) is 5.75 Å². The summed E-state index contributed by atoms with van der Waals surface area (Å²) in [6.45, 7) is 8.52. The van der Waals surface area contributed by atoms with Gasteiger partial charge in [-0.2, -0.15) is 0 Å². The Kier molecular flexibility index (Phi) is 5.36. The number of anilines is 1. The van der Waals surface area contributed by atoms with Crippen LogP contribution in [0.25, 0.3) is 0 Å². The highest BCUT2D eigenvalue weighted by molar-refractivity contribution is 6.05. The molecule has 2 heterocycles. The zero-order valence-electron chi connectivity index (χ0n) is 19.2. The van der Waals surface area contributed by atoms with Gasteiger partial charge in [-0.1, -0.05) is 13.0 Å². The summed E-state index contributed by atoms with van der Waals surface area (Å²) in [5, 5.41) is 0. The minimum atomic E-state index is -0.249. The van der Waals surface area contributed by atoms with Gasteiger partial charge in [-0.15, -0.1) is 0 Å². The molecule has 6 heteroatoms. The molecule has 2 aliphatic heterocycles. The van der Waals surface area contributed by atoms with E-state index in [0.717, 1.165) is 62.5 Å². The second kappa shape index (κ2) is 8.07. The summed E-state index contributed by atoms with van der Waals surface area (Å²) in [6.07, 6.45) is 5.38. The van der Waals surface area contributed by atoms with Gasteiger partial charge in [0.05, 0.1) is 13.0 Å². The molecule has 0 bridgehead atoms. The number of methoxy groups -OCH3 is 1. The summed E-state index contributed by atoms with van der Waals surface area (Å²) in [5.74, 6) is 0.875. The van der Waals surface area contributed by atoms with Crippen molar-refractivity contribution in [2.45, 2.75) is 32.8 Å². The fraction of sp³-hybridized carbons (Fsp3) is 0.538. The number of rotatable bonds is 4. The van der Waals surface area contributed by atoms with E-state index >= 15 is 0 Å². The number of carbonyl (C=O) groups is 2. The van der Waals surface area contributed by atoms with Crippen LogP contribution in [0.2, 0.25) is 0 Å². The highest BCUT2D eigenvalue weighted by atomic mass is 16.6. The summed E-state index contributed by atoms with van der Waals surface area (Å²) in [4.78, 5) is 30.0. The Hall–Kier alpha value is -2.60. The molecule has 1 aromatic rings. The van der Waals surface area contributed by atoms with Crippen LogP contribution < -0.4 is 9.64 Å². The number of ether oxygens (including phenoxy) is 2. The molecule has 0 spiro atoms. The second-order valence-electron chi connectivity index (χ2n) is 9.81. The molecule has 2 saturated heterocycles. The number of piperazine rings is 1. The van der Waals surface area contributed by atoms with E-state index in [4.69, 9.17) is 9.47 Å². The molecule has 0 aromatic heterocycles. The highest BCUT2D eigenvalue weighted by Gasteiger charge is 2.54. The Morgan fingerprint density at radius 2 is 1.84 bits per heavy atom. The van der Waals surface area contributed by atoms with Crippen molar-refractivity contribution in [3.63, 3.8) is 0 Å². The standard InChI is InChI=1S/C26H32N2O4/c1-17-22(29)9-11-26(2)10-8-20-21(25(30)32-24(20)23(17)26)16-27-12-14-28(15-13-27)18-4-6-19(31-3)7-5-18/h4-7,9,11,20-21,24H,8,10,12-16H2,1-3H3/t20-,21-,24-,26-/m0/s1. The van der Waals surface area contributed by atoms with Crippen LogP contribution in [-0.4, -0.2) is 62.6 Å². The third kappa shape index (κ3) is 3.54. The van der Waals surface area contributed by atoms with Gasteiger partial charge in [0, 0.05) is 55.3 Å². The van der Waals surface area contributed by atoms with E-state index in [-0.39, 0.29) is 35.1 Å². The molecular weight excluding hydrogens is 404 g/mol. The fourth-order valence-electron chi connectivity index (χ4n) is 6.04. The Morgan fingerprint density at radius 3 is 2.53 bits per heavy atom. The quantitative estimate of drug-likeness (QED) is 0.676. The normalized spacial score (nSPS) is 32.6. The first-order chi connectivity index (χ1) is 15.4. The minimum absolute atomic E-state index is 0.0484. The van der Waals surface area contributed by atoms with Crippen molar-refractivity contribution < 1.29 is 19.1 Å². The van der Waals surface area contributed by atoms with Gasteiger partial charge < -0.3 is 14.4 Å². The average molecular weight is 437 g/mol. The van der Waals surface area contributed by atoms with Gasteiger partial charge in [-0.05, 0) is 55.7 Å². The number of hydrogen-bond donors (Lipinski definition) is 0.